The Morgan fingerprint density at radius 3 is 2.77 bits per heavy atom. The Balaban J connectivity index is 1.43. The number of carbonyl (C=O) groups excluding carboxylic acids is 2. The number of benzene rings is 1. The van der Waals surface area contributed by atoms with Crippen molar-refractivity contribution in [2.24, 2.45) is 5.92 Å². The van der Waals surface area contributed by atoms with Gasteiger partial charge in [-0.3, -0.25) is 24.2 Å². The highest BCUT2D eigenvalue weighted by molar-refractivity contribution is 5.97. The lowest BCUT2D eigenvalue weighted by atomic mass is 9.78. The number of hydrogen-bond acceptors (Lipinski definition) is 4. The van der Waals surface area contributed by atoms with Gasteiger partial charge >= 0.3 is 0 Å². The highest BCUT2D eigenvalue weighted by atomic mass is 16.5. The Bertz CT molecular complexity index is 1000. The number of nitrogens with zero attached hydrogens (tertiary/aromatic N) is 1. The molecular weight excluding hydrogens is 384 g/mol. The van der Waals surface area contributed by atoms with Crippen molar-refractivity contribution in [2.45, 2.75) is 57.6 Å². The summed E-state index contributed by atoms with van der Waals surface area (Å²) in [6, 6.07) is 8.77. The molecule has 8 heteroatoms. The highest BCUT2D eigenvalue weighted by Crippen LogP contribution is 2.38. The molecule has 0 saturated heterocycles. The van der Waals surface area contributed by atoms with Gasteiger partial charge in [-0.25, -0.2) is 0 Å². The Labute approximate surface area is 175 Å². The van der Waals surface area contributed by atoms with E-state index in [9.17, 15) is 14.4 Å². The molecule has 1 atom stereocenters. The van der Waals surface area contributed by atoms with Crippen molar-refractivity contribution in [3.05, 3.63) is 46.2 Å². The van der Waals surface area contributed by atoms with E-state index in [1.165, 1.54) is 6.07 Å². The number of anilines is 1. The van der Waals surface area contributed by atoms with Crippen molar-refractivity contribution in [3.8, 4) is 5.75 Å². The summed E-state index contributed by atoms with van der Waals surface area (Å²) in [6.45, 7) is 4.45. The average Bonchev–Trinajstić information content (AvgIpc) is 3.05. The number of ether oxygens (including phenoxy) is 1. The number of carbonyl (C=O) groups is 2. The van der Waals surface area contributed by atoms with Crippen LogP contribution in [0.5, 0.6) is 5.75 Å². The molecule has 1 aliphatic carbocycles. The molecular formula is C22H28N4O4. The fourth-order valence-corrected chi connectivity index (χ4v) is 4.29. The summed E-state index contributed by atoms with van der Waals surface area (Å²) in [5.74, 6) is 0.729. The third kappa shape index (κ3) is 3.86. The first kappa shape index (κ1) is 20.3. The van der Waals surface area contributed by atoms with Gasteiger partial charge in [-0.05, 0) is 51.2 Å². The predicted octanol–water partition coefficient (Wildman–Crippen LogP) is 2.84. The fraction of sp³-hybridized carbons (Fsp3) is 0.500. The number of rotatable bonds is 4. The number of amides is 2. The summed E-state index contributed by atoms with van der Waals surface area (Å²) in [5.41, 5.74) is -0.175. The number of fused-ring (bicyclic) bond motifs is 1. The molecule has 160 valence electrons. The van der Waals surface area contributed by atoms with Gasteiger partial charge in [0.15, 0.2) is 0 Å². The summed E-state index contributed by atoms with van der Waals surface area (Å²) in [7, 11) is 0. The van der Waals surface area contributed by atoms with Crippen LogP contribution in [0.3, 0.4) is 0 Å². The molecule has 1 unspecified atom stereocenters. The molecule has 2 heterocycles. The number of para-hydroxylation sites is 1. The van der Waals surface area contributed by atoms with Crippen LogP contribution in [0.4, 0.5) is 5.82 Å². The Kier molecular flexibility index (Phi) is 5.40. The molecule has 30 heavy (non-hydrogen) atoms. The number of nitrogens with one attached hydrogen (secondary N) is 3. The van der Waals surface area contributed by atoms with Crippen LogP contribution in [0.25, 0.3) is 0 Å². The maximum Gasteiger partial charge on any atom is 0.266 e. The molecule has 2 amide bonds. The van der Waals surface area contributed by atoms with Crippen LogP contribution in [0.2, 0.25) is 0 Å². The molecule has 1 spiro atoms. The van der Waals surface area contributed by atoms with Crippen molar-refractivity contribution in [2.75, 3.05) is 11.9 Å². The first-order valence-electron chi connectivity index (χ1n) is 10.6. The zero-order valence-corrected chi connectivity index (χ0v) is 17.4. The van der Waals surface area contributed by atoms with E-state index in [0.717, 1.165) is 6.42 Å². The summed E-state index contributed by atoms with van der Waals surface area (Å²) in [6.07, 6.45) is 3.49. The van der Waals surface area contributed by atoms with Crippen LogP contribution in [0.15, 0.2) is 35.1 Å². The Morgan fingerprint density at radius 2 is 2.03 bits per heavy atom. The van der Waals surface area contributed by atoms with Crippen molar-refractivity contribution in [1.82, 2.24) is 15.1 Å². The standard InChI is InChI=1S/C22H28N4O4/c1-3-14(2)26-18(12-19(27)25-26)24-20(28)15-8-10-22(11-9-15)13-23-21(29)16-6-4-5-7-17(16)30-22/h4-7,12,14-15H,3,8-11,13H2,1-2H3,(H,23,29)(H,24,28)(H,25,27). The van der Waals surface area contributed by atoms with Gasteiger partial charge in [-0.15, -0.1) is 0 Å². The van der Waals surface area contributed by atoms with Crippen molar-refractivity contribution in [1.29, 1.82) is 0 Å². The number of aromatic amines is 1. The molecule has 8 nitrogen and oxygen atoms in total. The van der Waals surface area contributed by atoms with Gasteiger partial charge in [0, 0.05) is 18.0 Å². The Hall–Kier alpha value is -3.03. The van der Waals surface area contributed by atoms with E-state index < -0.39 is 5.60 Å². The van der Waals surface area contributed by atoms with Crippen LogP contribution in [0.1, 0.15) is 62.4 Å². The quantitative estimate of drug-likeness (QED) is 0.718. The smallest absolute Gasteiger partial charge is 0.266 e. The molecule has 4 rings (SSSR count). The van der Waals surface area contributed by atoms with Gasteiger partial charge < -0.3 is 15.4 Å². The highest BCUT2D eigenvalue weighted by Gasteiger charge is 2.42. The van der Waals surface area contributed by atoms with E-state index in [-0.39, 0.29) is 29.3 Å². The Morgan fingerprint density at radius 1 is 1.30 bits per heavy atom. The molecule has 1 aromatic heterocycles. The second-order valence-corrected chi connectivity index (χ2v) is 8.36. The topological polar surface area (TPSA) is 105 Å². The van der Waals surface area contributed by atoms with Gasteiger partial charge in [-0.1, -0.05) is 19.1 Å². The molecule has 1 aliphatic heterocycles. The van der Waals surface area contributed by atoms with Crippen molar-refractivity contribution >= 4 is 17.6 Å². The second-order valence-electron chi connectivity index (χ2n) is 8.36. The molecule has 1 aromatic carbocycles. The first-order valence-corrected chi connectivity index (χ1v) is 10.6. The van der Waals surface area contributed by atoms with Crippen LogP contribution in [0, 0.1) is 5.92 Å². The maximum atomic E-state index is 12.9. The number of hydrogen-bond donors (Lipinski definition) is 3. The molecule has 1 fully saturated rings. The number of aromatic nitrogens is 2. The zero-order chi connectivity index (χ0) is 21.3. The summed E-state index contributed by atoms with van der Waals surface area (Å²) >= 11 is 0. The maximum absolute atomic E-state index is 12.9. The van der Waals surface area contributed by atoms with Gasteiger partial charge in [0.2, 0.25) is 5.91 Å². The van der Waals surface area contributed by atoms with Gasteiger partial charge in [0.05, 0.1) is 12.1 Å². The fourth-order valence-electron chi connectivity index (χ4n) is 4.29. The van der Waals surface area contributed by atoms with E-state index in [0.29, 0.717) is 49.4 Å². The minimum Gasteiger partial charge on any atom is -0.485 e. The largest absolute Gasteiger partial charge is 0.485 e. The van der Waals surface area contributed by atoms with Crippen LogP contribution in [-0.2, 0) is 4.79 Å². The summed E-state index contributed by atoms with van der Waals surface area (Å²) < 4.78 is 8.02. The lowest BCUT2D eigenvalue weighted by Gasteiger charge is -2.39. The van der Waals surface area contributed by atoms with Crippen LogP contribution < -0.4 is 20.9 Å². The summed E-state index contributed by atoms with van der Waals surface area (Å²) in [5, 5.41) is 8.65. The molecule has 3 N–H and O–H groups in total. The normalized spacial score (nSPS) is 24.3. The molecule has 2 aliphatic rings. The van der Waals surface area contributed by atoms with E-state index >= 15 is 0 Å². The molecule has 1 saturated carbocycles. The first-order chi connectivity index (χ1) is 14.4. The van der Waals surface area contributed by atoms with Crippen molar-refractivity contribution in [3.63, 3.8) is 0 Å². The van der Waals surface area contributed by atoms with Crippen LogP contribution >= 0.6 is 0 Å². The minimum absolute atomic E-state index is 0.0840. The number of H-pyrrole nitrogens is 1. The molecule has 2 aromatic rings. The van der Waals surface area contributed by atoms with Gasteiger partial charge in [-0.2, -0.15) is 0 Å². The van der Waals surface area contributed by atoms with E-state index in [1.807, 2.05) is 32.0 Å². The van der Waals surface area contributed by atoms with Gasteiger partial charge in [0.25, 0.3) is 11.5 Å². The van der Waals surface area contributed by atoms with Gasteiger partial charge in [0.1, 0.15) is 17.2 Å². The van der Waals surface area contributed by atoms with Crippen molar-refractivity contribution < 1.29 is 14.3 Å². The summed E-state index contributed by atoms with van der Waals surface area (Å²) in [4.78, 5) is 37.0. The minimum atomic E-state index is -0.494. The lowest BCUT2D eigenvalue weighted by Crippen LogP contribution is -2.49. The SMILES string of the molecule is CCC(C)n1[nH]c(=O)cc1NC(=O)C1CCC2(CC1)CNC(=O)c1ccccc1O2. The third-order valence-corrected chi connectivity index (χ3v) is 6.34. The third-order valence-electron chi connectivity index (χ3n) is 6.34. The molecule has 0 radical (unpaired) electrons. The zero-order valence-electron chi connectivity index (χ0n) is 17.4. The van der Waals surface area contributed by atoms with E-state index in [2.05, 4.69) is 15.7 Å². The van der Waals surface area contributed by atoms with E-state index in [1.54, 1.807) is 10.7 Å². The molecule has 0 bridgehead atoms. The monoisotopic (exact) mass is 412 g/mol. The second kappa shape index (κ2) is 8.01. The average molecular weight is 412 g/mol. The van der Waals surface area contributed by atoms with E-state index in [4.69, 9.17) is 4.74 Å². The van der Waals surface area contributed by atoms with Crippen LogP contribution in [-0.4, -0.2) is 33.7 Å². The lowest BCUT2D eigenvalue weighted by molar-refractivity contribution is -0.122. The predicted molar refractivity (Wildman–Crippen MR) is 113 cm³/mol.